The monoisotopic (exact) mass is 432 g/mol. The molecular formula is C21H21FN2O3S2. The molecule has 29 heavy (non-hydrogen) atoms. The third-order valence-corrected chi connectivity index (χ3v) is 8.73. The van der Waals surface area contributed by atoms with Crippen molar-refractivity contribution in [3.63, 3.8) is 0 Å². The van der Waals surface area contributed by atoms with Gasteiger partial charge in [-0.15, -0.1) is 11.3 Å². The summed E-state index contributed by atoms with van der Waals surface area (Å²) >= 11 is 1.59. The van der Waals surface area contributed by atoms with E-state index in [9.17, 15) is 17.6 Å². The van der Waals surface area contributed by atoms with Gasteiger partial charge in [-0.2, -0.15) is 0 Å². The van der Waals surface area contributed by atoms with Gasteiger partial charge in [0.05, 0.1) is 25.4 Å². The fourth-order valence-electron chi connectivity index (χ4n) is 3.63. The minimum absolute atomic E-state index is 0.0871. The molecule has 1 aliphatic rings. The number of piperidine rings is 1. The van der Waals surface area contributed by atoms with E-state index in [1.165, 1.54) is 12.1 Å². The smallest absolute Gasteiger partial charge is 0.253 e. The molecule has 152 valence electrons. The minimum Gasteiger partial charge on any atom is -0.339 e. The predicted molar refractivity (Wildman–Crippen MR) is 112 cm³/mol. The topological polar surface area (TPSA) is 67.3 Å². The number of aryl methyl sites for hydroxylation is 1. The van der Waals surface area contributed by atoms with Crippen molar-refractivity contribution in [2.45, 2.75) is 36.3 Å². The third kappa shape index (κ3) is 3.91. The zero-order valence-corrected chi connectivity index (χ0v) is 17.6. The molecule has 0 unspecified atom stereocenters. The average Bonchev–Trinajstić information content (AvgIpc) is 3.16. The van der Waals surface area contributed by atoms with Crippen molar-refractivity contribution in [1.29, 1.82) is 0 Å². The van der Waals surface area contributed by atoms with Crippen molar-refractivity contribution in [3.05, 3.63) is 58.9 Å². The van der Waals surface area contributed by atoms with E-state index in [0.29, 0.717) is 31.5 Å². The molecule has 0 aliphatic carbocycles. The number of rotatable bonds is 4. The Morgan fingerprint density at radius 1 is 1.17 bits per heavy atom. The SMILES string of the molecule is CCc1nc2ccc(C(=O)N3CCC(S(=O)(=O)c4ccc(F)cc4)CC3)cc2s1. The molecule has 1 amide bonds. The Morgan fingerprint density at radius 2 is 1.86 bits per heavy atom. The highest BCUT2D eigenvalue weighted by atomic mass is 32.2. The average molecular weight is 433 g/mol. The van der Waals surface area contributed by atoms with Gasteiger partial charge in [0.2, 0.25) is 0 Å². The standard InChI is InChI=1S/C21H21FN2O3S2/c1-2-20-23-18-8-3-14(13-19(18)28-20)21(25)24-11-9-17(10-12-24)29(26,27)16-6-4-15(22)5-7-16/h3-8,13,17H,2,9-12H2,1H3. The van der Waals surface area contributed by atoms with Gasteiger partial charge in [0, 0.05) is 18.7 Å². The molecule has 0 radical (unpaired) electrons. The number of likely N-dealkylation sites (tertiary alicyclic amines) is 1. The van der Waals surface area contributed by atoms with Crippen molar-refractivity contribution < 1.29 is 17.6 Å². The van der Waals surface area contributed by atoms with Crippen LogP contribution < -0.4 is 0 Å². The Morgan fingerprint density at radius 3 is 2.52 bits per heavy atom. The molecular weight excluding hydrogens is 411 g/mol. The van der Waals surface area contributed by atoms with E-state index in [1.54, 1.807) is 22.3 Å². The van der Waals surface area contributed by atoms with E-state index < -0.39 is 20.9 Å². The van der Waals surface area contributed by atoms with Crippen LogP contribution in [0.1, 0.15) is 35.1 Å². The Balaban J connectivity index is 1.46. The lowest BCUT2D eigenvalue weighted by Gasteiger charge is -2.31. The predicted octanol–water partition coefficient (Wildman–Crippen LogP) is 4.08. The van der Waals surface area contributed by atoms with Crippen LogP contribution in [0.2, 0.25) is 0 Å². The molecule has 2 aromatic carbocycles. The number of sulfone groups is 1. The van der Waals surface area contributed by atoms with E-state index in [4.69, 9.17) is 0 Å². The van der Waals surface area contributed by atoms with E-state index in [1.807, 2.05) is 19.1 Å². The van der Waals surface area contributed by atoms with Crippen LogP contribution in [-0.4, -0.2) is 42.5 Å². The molecule has 0 spiro atoms. The molecule has 0 bridgehead atoms. The Bertz CT molecular complexity index is 1150. The molecule has 1 aromatic heterocycles. The lowest BCUT2D eigenvalue weighted by Crippen LogP contribution is -2.42. The summed E-state index contributed by atoms with van der Waals surface area (Å²) in [7, 11) is -3.53. The van der Waals surface area contributed by atoms with Crippen LogP contribution in [0, 0.1) is 5.82 Å². The lowest BCUT2D eigenvalue weighted by atomic mass is 10.1. The van der Waals surface area contributed by atoms with Crippen LogP contribution in [0.5, 0.6) is 0 Å². The third-order valence-electron chi connectivity index (χ3n) is 5.29. The minimum atomic E-state index is -3.53. The van der Waals surface area contributed by atoms with Gasteiger partial charge in [0.25, 0.3) is 5.91 Å². The van der Waals surface area contributed by atoms with Crippen LogP contribution >= 0.6 is 11.3 Å². The number of fused-ring (bicyclic) bond motifs is 1. The molecule has 5 nitrogen and oxygen atoms in total. The number of hydrogen-bond donors (Lipinski definition) is 0. The molecule has 8 heteroatoms. The van der Waals surface area contributed by atoms with Gasteiger partial charge in [0.1, 0.15) is 5.82 Å². The molecule has 0 atom stereocenters. The van der Waals surface area contributed by atoms with Crippen LogP contribution in [0.3, 0.4) is 0 Å². The van der Waals surface area contributed by atoms with Gasteiger partial charge in [-0.1, -0.05) is 6.92 Å². The summed E-state index contributed by atoms with van der Waals surface area (Å²) < 4.78 is 39.7. The summed E-state index contributed by atoms with van der Waals surface area (Å²) in [6.45, 7) is 2.81. The number of thiazole rings is 1. The van der Waals surface area contributed by atoms with Gasteiger partial charge < -0.3 is 4.90 Å². The van der Waals surface area contributed by atoms with Crippen LogP contribution in [-0.2, 0) is 16.3 Å². The Hall–Kier alpha value is -2.32. The largest absolute Gasteiger partial charge is 0.339 e. The summed E-state index contributed by atoms with van der Waals surface area (Å²) in [5, 5.41) is 0.476. The van der Waals surface area contributed by atoms with Crippen molar-refractivity contribution in [3.8, 4) is 0 Å². The fraction of sp³-hybridized carbons (Fsp3) is 0.333. The summed E-state index contributed by atoms with van der Waals surface area (Å²) in [4.78, 5) is 19.3. The van der Waals surface area contributed by atoms with Crippen molar-refractivity contribution in [2.75, 3.05) is 13.1 Å². The Kier molecular flexibility index (Phi) is 5.40. The number of carbonyl (C=O) groups excluding carboxylic acids is 1. The van der Waals surface area contributed by atoms with E-state index >= 15 is 0 Å². The van der Waals surface area contributed by atoms with E-state index in [2.05, 4.69) is 4.98 Å². The molecule has 0 saturated carbocycles. The molecule has 3 aromatic rings. The first-order valence-electron chi connectivity index (χ1n) is 9.56. The number of carbonyl (C=O) groups is 1. The number of halogens is 1. The van der Waals surface area contributed by atoms with E-state index in [-0.39, 0.29) is 10.8 Å². The number of hydrogen-bond acceptors (Lipinski definition) is 5. The number of benzene rings is 2. The number of amides is 1. The maximum Gasteiger partial charge on any atom is 0.253 e. The van der Waals surface area contributed by atoms with Gasteiger partial charge in [-0.05, 0) is 61.7 Å². The summed E-state index contributed by atoms with van der Waals surface area (Å²) in [6, 6.07) is 10.4. The first-order chi connectivity index (χ1) is 13.9. The lowest BCUT2D eigenvalue weighted by molar-refractivity contribution is 0.0726. The van der Waals surface area contributed by atoms with E-state index in [0.717, 1.165) is 33.8 Å². The number of aromatic nitrogens is 1. The number of nitrogens with zero attached hydrogens (tertiary/aromatic N) is 2. The first kappa shape index (κ1) is 20.0. The summed E-state index contributed by atoms with van der Waals surface area (Å²) in [5.74, 6) is -0.552. The molecule has 1 saturated heterocycles. The summed E-state index contributed by atoms with van der Waals surface area (Å²) in [5.41, 5.74) is 1.50. The second kappa shape index (κ2) is 7.84. The van der Waals surface area contributed by atoms with Crippen LogP contribution in [0.15, 0.2) is 47.4 Å². The quantitative estimate of drug-likeness (QED) is 0.583. The zero-order valence-electron chi connectivity index (χ0n) is 16.0. The van der Waals surface area contributed by atoms with Gasteiger partial charge in [0.15, 0.2) is 9.84 Å². The first-order valence-corrected chi connectivity index (χ1v) is 11.9. The second-order valence-electron chi connectivity index (χ2n) is 7.13. The highest BCUT2D eigenvalue weighted by molar-refractivity contribution is 7.92. The highest BCUT2D eigenvalue weighted by Crippen LogP contribution is 2.27. The molecule has 1 fully saturated rings. The normalized spacial score (nSPS) is 15.7. The molecule has 2 heterocycles. The van der Waals surface area contributed by atoms with Gasteiger partial charge in [-0.25, -0.2) is 17.8 Å². The maximum atomic E-state index is 13.1. The zero-order chi connectivity index (χ0) is 20.6. The Labute approximate surface area is 173 Å². The van der Waals surface area contributed by atoms with Gasteiger partial charge in [-0.3, -0.25) is 4.79 Å². The van der Waals surface area contributed by atoms with Crippen molar-refractivity contribution >= 4 is 37.3 Å². The van der Waals surface area contributed by atoms with Gasteiger partial charge >= 0.3 is 0 Å². The second-order valence-corrected chi connectivity index (χ2v) is 10.5. The molecule has 1 aliphatic heterocycles. The fourth-order valence-corrected chi connectivity index (χ4v) is 6.30. The van der Waals surface area contributed by atoms with Crippen molar-refractivity contribution in [1.82, 2.24) is 9.88 Å². The van der Waals surface area contributed by atoms with Crippen molar-refractivity contribution in [2.24, 2.45) is 0 Å². The van der Waals surface area contributed by atoms with Crippen LogP contribution in [0.25, 0.3) is 10.2 Å². The van der Waals surface area contributed by atoms with Crippen LogP contribution in [0.4, 0.5) is 4.39 Å². The summed E-state index contributed by atoms with van der Waals surface area (Å²) in [6.07, 6.45) is 1.60. The molecule has 4 rings (SSSR count). The molecule has 0 N–H and O–H groups in total. The highest BCUT2D eigenvalue weighted by Gasteiger charge is 2.33. The maximum absolute atomic E-state index is 13.1.